The molecule has 0 bridgehead atoms. The van der Waals surface area contributed by atoms with Crippen LogP contribution in [0.3, 0.4) is 0 Å². The van der Waals surface area contributed by atoms with E-state index in [1.165, 1.54) is 0 Å². The fraction of sp³-hybridized carbons (Fsp3) is 0.333. The summed E-state index contributed by atoms with van der Waals surface area (Å²) in [4.78, 5) is 8.56. The van der Waals surface area contributed by atoms with Crippen molar-refractivity contribution in [3.63, 3.8) is 0 Å². The van der Waals surface area contributed by atoms with Crippen LogP contribution in [0.4, 0.5) is 0 Å². The molecule has 5 heteroatoms. The van der Waals surface area contributed by atoms with Gasteiger partial charge in [-0.2, -0.15) is 4.98 Å². The minimum absolute atomic E-state index is 0.611. The summed E-state index contributed by atoms with van der Waals surface area (Å²) < 4.78 is 8.10. The second-order valence-corrected chi connectivity index (χ2v) is 3.92. The molecule has 0 aliphatic carbocycles. The van der Waals surface area contributed by atoms with Crippen molar-refractivity contribution in [3.05, 3.63) is 16.5 Å². The minimum atomic E-state index is 0.611. The number of halogens is 1. The Morgan fingerprint density at radius 3 is 2.79 bits per heavy atom. The van der Waals surface area contributed by atoms with Crippen LogP contribution in [0.25, 0.3) is 11.0 Å². The van der Waals surface area contributed by atoms with Gasteiger partial charge >= 0.3 is 0 Å². The molecule has 14 heavy (non-hydrogen) atoms. The number of ether oxygens (including phenoxy) is 1. The van der Waals surface area contributed by atoms with Crippen LogP contribution in [0, 0.1) is 6.92 Å². The topological polar surface area (TPSA) is 39.9 Å². The van der Waals surface area contributed by atoms with Gasteiger partial charge in [0.1, 0.15) is 11.5 Å². The summed E-state index contributed by atoms with van der Waals surface area (Å²) >= 11 is 3.45. The third-order valence-electron chi connectivity index (χ3n) is 2.04. The molecular formula is C9H10BrN3O. The SMILES string of the molecule is COc1nc(C)nc2c1c(Br)cn2C. The van der Waals surface area contributed by atoms with Gasteiger partial charge < -0.3 is 9.30 Å². The molecule has 0 radical (unpaired) electrons. The zero-order chi connectivity index (χ0) is 10.3. The number of aromatic nitrogens is 3. The molecule has 0 saturated carbocycles. The van der Waals surface area contributed by atoms with Crippen LogP contribution in [0.1, 0.15) is 5.82 Å². The molecule has 0 unspecified atom stereocenters. The second kappa shape index (κ2) is 3.24. The van der Waals surface area contributed by atoms with Crippen LogP contribution >= 0.6 is 15.9 Å². The Labute approximate surface area is 90.0 Å². The fourth-order valence-corrected chi connectivity index (χ4v) is 2.09. The second-order valence-electron chi connectivity index (χ2n) is 3.07. The van der Waals surface area contributed by atoms with E-state index in [2.05, 4.69) is 25.9 Å². The predicted octanol–water partition coefficient (Wildman–Crippen LogP) is 2.05. The zero-order valence-electron chi connectivity index (χ0n) is 8.21. The van der Waals surface area contributed by atoms with Crippen LogP contribution < -0.4 is 4.74 Å². The van der Waals surface area contributed by atoms with E-state index in [0.29, 0.717) is 11.7 Å². The van der Waals surface area contributed by atoms with E-state index < -0.39 is 0 Å². The van der Waals surface area contributed by atoms with E-state index in [9.17, 15) is 0 Å². The normalized spacial score (nSPS) is 10.9. The van der Waals surface area contributed by atoms with Gasteiger partial charge in [0.25, 0.3) is 0 Å². The Hall–Kier alpha value is -1.10. The van der Waals surface area contributed by atoms with Gasteiger partial charge in [-0.15, -0.1) is 0 Å². The van der Waals surface area contributed by atoms with Crippen LogP contribution in [-0.4, -0.2) is 21.6 Å². The molecule has 0 fully saturated rings. The molecule has 2 heterocycles. The van der Waals surface area contributed by atoms with Gasteiger partial charge in [-0.3, -0.25) is 0 Å². The first-order chi connectivity index (χ1) is 6.63. The number of nitrogens with zero attached hydrogens (tertiary/aromatic N) is 3. The van der Waals surface area contributed by atoms with E-state index >= 15 is 0 Å². The van der Waals surface area contributed by atoms with E-state index in [0.717, 1.165) is 15.5 Å². The molecule has 2 rings (SSSR count). The summed E-state index contributed by atoms with van der Waals surface area (Å²) in [5.74, 6) is 1.32. The van der Waals surface area contributed by atoms with Crippen molar-refractivity contribution in [1.29, 1.82) is 0 Å². The van der Waals surface area contributed by atoms with Crippen molar-refractivity contribution >= 4 is 27.0 Å². The highest BCUT2D eigenvalue weighted by atomic mass is 79.9. The number of fused-ring (bicyclic) bond motifs is 1. The lowest BCUT2D eigenvalue weighted by Gasteiger charge is -2.02. The Morgan fingerprint density at radius 2 is 2.14 bits per heavy atom. The quantitative estimate of drug-likeness (QED) is 0.783. The van der Waals surface area contributed by atoms with Crippen LogP contribution in [0.15, 0.2) is 10.7 Å². The van der Waals surface area contributed by atoms with E-state index in [1.54, 1.807) is 7.11 Å². The van der Waals surface area contributed by atoms with Crippen molar-refractivity contribution in [2.75, 3.05) is 7.11 Å². The third kappa shape index (κ3) is 1.28. The first-order valence-corrected chi connectivity index (χ1v) is 4.96. The van der Waals surface area contributed by atoms with Gasteiger partial charge in [0, 0.05) is 13.2 Å². The highest BCUT2D eigenvalue weighted by Crippen LogP contribution is 2.30. The number of hydrogen-bond donors (Lipinski definition) is 0. The van der Waals surface area contributed by atoms with Gasteiger partial charge in [-0.1, -0.05) is 0 Å². The van der Waals surface area contributed by atoms with E-state index in [1.807, 2.05) is 24.7 Å². The van der Waals surface area contributed by atoms with Crippen molar-refractivity contribution in [3.8, 4) is 5.88 Å². The molecule has 0 saturated heterocycles. The zero-order valence-corrected chi connectivity index (χ0v) is 9.79. The smallest absolute Gasteiger partial charge is 0.227 e. The van der Waals surface area contributed by atoms with Crippen molar-refractivity contribution in [1.82, 2.24) is 14.5 Å². The molecule has 2 aromatic rings. The maximum Gasteiger partial charge on any atom is 0.227 e. The highest BCUT2D eigenvalue weighted by molar-refractivity contribution is 9.10. The Bertz CT molecular complexity index is 492. The molecule has 4 nitrogen and oxygen atoms in total. The molecule has 74 valence electrons. The number of hydrogen-bond acceptors (Lipinski definition) is 3. The monoisotopic (exact) mass is 255 g/mol. The Kier molecular flexibility index (Phi) is 2.19. The van der Waals surface area contributed by atoms with E-state index in [4.69, 9.17) is 4.74 Å². The molecule has 0 aliphatic heterocycles. The average molecular weight is 256 g/mol. The lowest BCUT2D eigenvalue weighted by atomic mass is 10.4. The number of rotatable bonds is 1. The van der Waals surface area contributed by atoms with Crippen LogP contribution in [0.5, 0.6) is 5.88 Å². The highest BCUT2D eigenvalue weighted by Gasteiger charge is 2.13. The Morgan fingerprint density at radius 1 is 1.43 bits per heavy atom. The molecule has 0 atom stereocenters. The Balaban J connectivity index is 2.90. The van der Waals surface area contributed by atoms with Gasteiger partial charge in [-0.05, 0) is 22.9 Å². The lowest BCUT2D eigenvalue weighted by molar-refractivity contribution is 0.401. The van der Waals surface area contributed by atoms with Gasteiger partial charge in [0.15, 0.2) is 0 Å². The summed E-state index contributed by atoms with van der Waals surface area (Å²) in [5.41, 5.74) is 0.876. The standard InChI is InChI=1S/C9H10BrN3O/c1-5-11-8-7(9(12-5)14-3)6(10)4-13(8)2/h4H,1-3H3. The molecule has 2 aromatic heterocycles. The fourth-order valence-electron chi connectivity index (χ4n) is 1.44. The first-order valence-electron chi connectivity index (χ1n) is 4.16. The minimum Gasteiger partial charge on any atom is -0.480 e. The van der Waals surface area contributed by atoms with E-state index in [-0.39, 0.29) is 0 Å². The predicted molar refractivity (Wildman–Crippen MR) is 57.5 cm³/mol. The third-order valence-corrected chi connectivity index (χ3v) is 2.64. The lowest BCUT2D eigenvalue weighted by Crippen LogP contribution is -1.96. The molecule has 0 N–H and O–H groups in total. The van der Waals surface area contributed by atoms with Gasteiger partial charge in [0.2, 0.25) is 5.88 Å². The molecule has 0 aromatic carbocycles. The van der Waals surface area contributed by atoms with Crippen molar-refractivity contribution in [2.45, 2.75) is 6.92 Å². The number of methoxy groups -OCH3 is 1. The maximum absolute atomic E-state index is 5.21. The number of aryl methyl sites for hydroxylation is 2. The summed E-state index contributed by atoms with van der Waals surface area (Å²) in [5, 5.41) is 0.917. The summed E-state index contributed by atoms with van der Waals surface area (Å²) in [6, 6.07) is 0. The largest absolute Gasteiger partial charge is 0.480 e. The van der Waals surface area contributed by atoms with Crippen LogP contribution in [-0.2, 0) is 7.05 Å². The molecule has 0 aliphatic rings. The molecule has 0 amide bonds. The summed E-state index contributed by atoms with van der Waals surface area (Å²) in [6.45, 7) is 1.85. The molecule has 0 spiro atoms. The van der Waals surface area contributed by atoms with Crippen LogP contribution in [0.2, 0.25) is 0 Å². The van der Waals surface area contributed by atoms with Gasteiger partial charge in [-0.25, -0.2) is 4.98 Å². The summed E-state index contributed by atoms with van der Waals surface area (Å²) in [7, 11) is 3.56. The van der Waals surface area contributed by atoms with Crippen molar-refractivity contribution in [2.24, 2.45) is 7.05 Å². The molecular weight excluding hydrogens is 246 g/mol. The first kappa shape index (κ1) is 9.45. The van der Waals surface area contributed by atoms with Crippen molar-refractivity contribution < 1.29 is 4.74 Å². The van der Waals surface area contributed by atoms with Gasteiger partial charge in [0.05, 0.1) is 17.0 Å². The average Bonchev–Trinajstić information content (AvgIpc) is 2.41. The maximum atomic E-state index is 5.21. The summed E-state index contributed by atoms with van der Waals surface area (Å²) in [6.07, 6.45) is 1.95.